The van der Waals surface area contributed by atoms with Gasteiger partial charge in [0.1, 0.15) is 31.2 Å². The second kappa shape index (κ2) is 14.2. The number of benzene rings is 1. The molecule has 1 aromatic carbocycles. The van der Waals surface area contributed by atoms with E-state index in [-0.39, 0.29) is 38.9 Å². The van der Waals surface area contributed by atoms with Crippen molar-refractivity contribution in [3.63, 3.8) is 0 Å². The molecule has 2 aromatic heterocycles. The van der Waals surface area contributed by atoms with E-state index in [1.807, 2.05) is 30.3 Å². The molecular formula is C36H60N4O7Si3. The second-order valence-electron chi connectivity index (χ2n) is 18.2. The standard InChI is InChI=1S/C36H60N4O7Si3/c1-34(2,3)48(10,11)44-23-27-30(46-49(12,13)35(4,5)6)31(47-50(14,15)36(7,8)9)33(45-27)39-24-37-29-26(21-28(40(41)42)38-32(29)39)43-22-25-19-17-16-18-20-25/h16-21,24,27,30-31,33H,22-23H2,1-15H3/t27-,30?,31?,33-/m1/s1. The Labute approximate surface area is 302 Å². The van der Waals surface area contributed by atoms with E-state index in [1.54, 1.807) is 10.9 Å². The van der Waals surface area contributed by atoms with E-state index in [0.29, 0.717) is 12.1 Å². The number of nitro groups is 1. The van der Waals surface area contributed by atoms with Gasteiger partial charge in [0.25, 0.3) is 5.65 Å². The Morgan fingerprint density at radius 2 is 1.38 bits per heavy atom. The van der Waals surface area contributed by atoms with Crippen molar-refractivity contribution in [3.05, 3.63) is 58.4 Å². The molecule has 0 saturated carbocycles. The summed E-state index contributed by atoms with van der Waals surface area (Å²) in [5.74, 6) is -0.0647. The molecule has 50 heavy (non-hydrogen) atoms. The van der Waals surface area contributed by atoms with Crippen LogP contribution in [0.5, 0.6) is 5.75 Å². The lowest BCUT2D eigenvalue weighted by Crippen LogP contribution is -2.54. The molecule has 0 N–H and O–H groups in total. The molecule has 2 unspecified atom stereocenters. The highest BCUT2D eigenvalue weighted by Crippen LogP contribution is 2.47. The number of aromatic nitrogens is 3. The van der Waals surface area contributed by atoms with Crippen LogP contribution in [0.3, 0.4) is 0 Å². The van der Waals surface area contributed by atoms with Crippen molar-refractivity contribution >= 4 is 41.9 Å². The predicted molar refractivity (Wildman–Crippen MR) is 206 cm³/mol. The minimum Gasteiger partial charge on any atom is -0.486 e. The highest BCUT2D eigenvalue weighted by atomic mass is 28.4. The summed E-state index contributed by atoms with van der Waals surface area (Å²) in [7, 11) is -6.97. The number of fused-ring (bicyclic) bond motifs is 1. The maximum atomic E-state index is 12.2. The molecule has 1 aliphatic heterocycles. The van der Waals surface area contributed by atoms with Crippen molar-refractivity contribution in [1.29, 1.82) is 0 Å². The normalized spacial score (nSPS) is 21.2. The fraction of sp³-hybridized carbons (Fsp3) is 0.667. The third-order valence-corrected chi connectivity index (χ3v) is 24.8. The van der Waals surface area contributed by atoms with Crippen molar-refractivity contribution in [2.45, 2.75) is 148 Å². The zero-order valence-corrected chi connectivity index (χ0v) is 35.9. The molecule has 4 rings (SSSR count). The Kier molecular flexibility index (Phi) is 11.4. The Hall–Kier alpha value is -2.47. The fourth-order valence-electron chi connectivity index (χ4n) is 4.97. The third-order valence-electron chi connectivity index (χ3n) is 11.4. The summed E-state index contributed by atoms with van der Waals surface area (Å²) < 4.78 is 36.3. The Balaban J connectivity index is 1.88. The number of nitrogens with zero attached hydrogens (tertiary/aromatic N) is 4. The SMILES string of the molecule is CC(C)(C)[Si](C)(C)OC[C@H]1O[C@@H](n2cnc3c(OCc4ccccc4)cc([N+](=O)[O-])nc32)C(O[Si](C)(C)C(C)(C)C)C1O[Si](C)(C)C(C)(C)C. The minimum absolute atomic E-state index is 0.00259. The van der Waals surface area contributed by atoms with Gasteiger partial charge in [0.05, 0.1) is 12.7 Å². The number of rotatable bonds is 12. The molecule has 0 spiro atoms. The molecule has 3 heterocycles. The van der Waals surface area contributed by atoms with E-state index in [4.69, 9.17) is 27.7 Å². The van der Waals surface area contributed by atoms with Crippen molar-refractivity contribution in [3.8, 4) is 5.75 Å². The molecule has 14 heteroatoms. The maximum absolute atomic E-state index is 12.2. The minimum atomic E-state index is -2.43. The van der Waals surface area contributed by atoms with Crippen molar-refractivity contribution in [2.24, 2.45) is 0 Å². The quantitative estimate of drug-likeness (QED) is 0.101. The Morgan fingerprint density at radius 3 is 1.90 bits per heavy atom. The lowest BCUT2D eigenvalue weighted by Gasteiger charge is -2.44. The molecule has 11 nitrogen and oxygen atoms in total. The van der Waals surface area contributed by atoms with Crippen molar-refractivity contribution in [2.75, 3.05) is 6.61 Å². The van der Waals surface area contributed by atoms with Crippen LogP contribution in [-0.4, -0.2) is 69.3 Å². The predicted octanol–water partition coefficient (Wildman–Crippen LogP) is 9.62. The van der Waals surface area contributed by atoms with Crippen LogP contribution in [0.2, 0.25) is 54.4 Å². The van der Waals surface area contributed by atoms with Gasteiger partial charge >= 0.3 is 5.82 Å². The molecule has 278 valence electrons. The zero-order chi connectivity index (χ0) is 37.7. The maximum Gasteiger partial charge on any atom is 0.369 e. The van der Waals surface area contributed by atoms with E-state index >= 15 is 0 Å². The molecule has 3 aromatic rings. The van der Waals surface area contributed by atoms with Gasteiger partial charge in [-0.2, -0.15) is 0 Å². The van der Waals surface area contributed by atoms with Crippen LogP contribution in [-0.2, 0) is 24.6 Å². The van der Waals surface area contributed by atoms with Gasteiger partial charge in [0.15, 0.2) is 42.4 Å². The summed E-state index contributed by atoms with van der Waals surface area (Å²) in [5.41, 5.74) is 1.62. The van der Waals surface area contributed by atoms with Crippen LogP contribution < -0.4 is 4.74 Å². The average molecular weight is 745 g/mol. The van der Waals surface area contributed by atoms with E-state index in [9.17, 15) is 10.1 Å². The van der Waals surface area contributed by atoms with E-state index in [2.05, 4.69) is 107 Å². The van der Waals surface area contributed by atoms with Crippen molar-refractivity contribution in [1.82, 2.24) is 14.5 Å². The molecule has 1 fully saturated rings. The first-order chi connectivity index (χ1) is 22.8. The Morgan fingerprint density at radius 1 is 0.840 bits per heavy atom. The average Bonchev–Trinajstić information content (AvgIpc) is 3.54. The molecule has 0 radical (unpaired) electrons. The highest BCUT2D eigenvalue weighted by Gasteiger charge is 2.55. The summed E-state index contributed by atoms with van der Waals surface area (Å²) in [6.07, 6.45) is -0.615. The van der Waals surface area contributed by atoms with Crippen LogP contribution in [0.25, 0.3) is 11.2 Å². The summed E-state index contributed by atoms with van der Waals surface area (Å²) in [6, 6.07) is 11.0. The molecular weight excluding hydrogens is 685 g/mol. The highest BCUT2D eigenvalue weighted by molar-refractivity contribution is 6.75. The van der Waals surface area contributed by atoms with Crippen LogP contribution in [0, 0.1) is 10.1 Å². The molecule has 0 amide bonds. The van der Waals surface area contributed by atoms with Gasteiger partial charge in [-0.25, -0.2) is 4.98 Å². The Bertz CT molecular complexity index is 1640. The first kappa shape index (κ1) is 40.3. The summed E-state index contributed by atoms with van der Waals surface area (Å²) in [5, 5.41) is 12.0. The van der Waals surface area contributed by atoms with Gasteiger partial charge in [-0.05, 0) is 69.9 Å². The number of hydrogen-bond acceptors (Lipinski definition) is 9. The van der Waals surface area contributed by atoms with Crippen molar-refractivity contribution < 1.29 is 27.7 Å². The van der Waals surface area contributed by atoms with Gasteiger partial charge in [0, 0.05) is 0 Å². The van der Waals surface area contributed by atoms with Gasteiger partial charge < -0.3 is 32.9 Å². The number of hydrogen-bond donors (Lipinski definition) is 0. The van der Waals surface area contributed by atoms with Crippen LogP contribution in [0.4, 0.5) is 5.82 Å². The smallest absolute Gasteiger partial charge is 0.369 e. The van der Waals surface area contributed by atoms with Gasteiger partial charge in [-0.1, -0.05) is 92.6 Å². The summed E-state index contributed by atoms with van der Waals surface area (Å²) in [6.45, 7) is 33.9. The summed E-state index contributed by atoms with van der Waals surface area (Å²) in [4.78, 5) is 20.9. The lowest BCUT2D eigenvalue weighted by molar-refractivity contribution is -0.389. The van der Waals surface area contributed by atoms with E-state index < -0.39 is 54.4 Å². The first-order valence-corrected chi connectivity index (χ1v) is 26.3. The van der Waals surface area contributed by atoms with Crippen LogP contribution in [0.15, 0.2) is 42.7 Å². The first-order valence-electron chi connectivity index (χ1n) is 17.6. The van der Waals surface area contributed by atoms with Gasteiger partial charge in [0.2, 0.25) is 0 Å². The number of pyridine rings is 1. The van der Waals surface area contributed by atoms with Gasteiger partial charge in [-0.3, -0.25) is 4.57 Å². The van der Waals surface area contributed by atoms with Crippen LogP contribution in [0.1, 0.15) is 74.1 Å². The van der Waals surface area contributed by atoms with E-state index in [1.165, 1.54) is 6.07 Å². The second-order valence-corrected chi connectivity index (χ2v) is 32.5. The largest absolute Gasteiger partial charge is 0.486 e. The fourth-order valence-corrected chi connectivity index (χ4v) is 8.58. The zero-order valence-electron chi connectivity index (χ0n) is 32.9. The lowest BCUT2D eigenvalue weighted by atomic mass is 10.1. The van der Waals surface area contributed by atoms with Crippen LogP contribution >= 0.6 is 0 Å². The number of imidazole rings is 1. The molecule has 1 saturated heterocycles. The van der Waals surface area contributed by atoms with Gasteiger partial charge in [-0.15, -0.1) is 0 Å². The van der Waals surface area contributed by atoms with E-state index in [0.717, 1.165) is 5.56 Å². The topological polar surface area (TPSA) is 120 Å². The molecule has 1 aliphatic rings. The molecule has 4 atom stereocenters. The number of ether oxygens (including phenoxy) is 2. The molecule has 0 aliphatic carbocycles. The molecule has 0 bridgehead atoms. The summed E-state index contributed by atoms with van der Waals surface area (Å²) >= 11 is 0. The third kappa shape index (κ3) is 8.59. The monoisotopic (exact) mass is 744 g/mol.